The number of nitro benzene ring substituents is 2. The first-order chi connectivity index (χ1) is 11.0. The highest BCUT2D eigenvalue weighted by molar-refractivity contribution is 5.88. The largest absolute Gasteiger partial charge is 0.306 e. The Kier molecular flexibility index (Phi) is 4.57. The van der Waals surface area contributed by atoms with Gasteiger partial charge in [0.1, 0.15) is 5.69 Å². The topological polar surface area (TPSA) is 123 Å². The number of nitro groups is 2. The van der Waals surface area contributed by atoms with E-state index < -0.39 is 9.85 Å². The zero-order valence-electron chi connectivity index (χ0n) is 14.1. The first-order valence-electron chi connectivity index (χ1n) is 7.53. The minimum absolute atomic E-state index is 0.132. The fraction of sp³-hybridized carbons (Fsp3) is 0.533. The van der Waals surface area contributed by atoms with E-state index in [1.54, 1.807) is 0 Å². The van der Waals surface area contributed by atoms with E-state index in [1.165, 1.54) is 12.1 Å². The third-order valence-electron chi connectivity index (χ3n) is 3.69. The molecular weight excluding hydrogens is 314 g/mol. The minimum Gasteiger partial charge on any atom is -0.306 e. The van der Waals surface area contributed by atoms with Crippen molar-refractivity contribution in [3.63, 3.8) is 0 Å². The molecule has 9 heteroatoms. The molecule has 0 radical (unpaired) electrons. The van der Waals surface area contributed by atoms with Crippen molar-refractivity contribution in [2.45, 2.75) is 51.6 Å². The van der Waals surface area contributed by atoms with E-state index in [2.05, 4.69) is 43.5 Å². The third-order valence-corrected chi connectivity index (χ3v) is 3.69. The summed E-state index contributed by atoms with van der Waals surface area (Å²) in [5, 5.41) is 29.7. The van der Waals surface area contributed by atoms with Crippen LogP contribution >= 0.6 is 0 Å². The highest BCUT2D eigenvalue weighted by atomic mass is 16.6. The second-order valence-electron chi connectivity index (χ2n) is 7.25. The molecule has 9 nitrogen and oxygen atoms in total. The van der Waals surface area contributed by atoms with Gasteiger partial charge >= 0.3 is 5.69 Å². The van der Waals surface area contributed by atoms with Gasteiger partial charge in [-0.3, -0.25) is 25.7 Å². The van der Waals surface area contributed by atoms with E-state index in [0.717, 1.165) is 11.8 Å². The van der Waals surface area contributed by atoms with E-state index in [9.17, 15) is 20.2 Å². The van der Waals surface area contributed by atoms with Gasteiger partial charge in [-0.05, 0) is 33.8 Å². The number of benzene rings is 1. The van der Waals surface area contributed by atoms with E-state index in [0.29, 0.717) is 12.8 Å². The van der Waals surface area contributed by atoms with Crippen LogP contribution < -0.4 is 10.7 Å². The van der Waals surface area contributed by atoms with Crippen LogP contribution in [0.4, 0.5) is 17.1 Å². The minimum atomic E-state index is -0.666. The summed E-state index contributed by atoms with van der Waals surface area (Å²) in [5.41, 5.74) is 2.75. The van der Waals surface area contributed by atoms with Crippen LogP contribution in [0.2, 0.25) is 0 Å². The van der Waals surface area contributed by atoms with Crippen molar-refractivity contribution < 1.29 is 9.85 Å². The number of nitrogens with zero attached hydrogens (tertiary/aromatic N) is 3. The van der Waals surface area contributed by atoms with Gasteiger partial charge in [0, 0.05) is 35.7 Å². The molecule has 2 N–H and O–H groups in total. The van der Waals surface area contributed by atoms with Crippen LogP contribution in [0.3, 0.4) is 0 Å². The Morgan fingerprint density at radius 2 is 1.67 bits per heavy atom. The van der Waals surface area contributed by atoms with Crippen LogP contribution in [0.15, 0.2) is 23.3 Å². The molecule has 0 spiro atoms. The van der Waals surface area contributed by atoms with Crippen molar-refractivity contribution in [1.82, 2.24) is 5.32 Å². The van der Waals surface area contributed by atoms with Gasteiger partial charge in [0.15, 0.2) is 0 Å². The summed E-state index contributed by atoms with van der Waals surface area (Å²) in [6.07, 6.45) is 1.40. The van der Waals surface area contributed by atoms with Gasteiger partial charge in [-0.15, -0.1) is 0 Å². The van der Waals surface area contributed by atoms with E-state index in [1.807, 2.05) is 0 Å². The van der Waals surface area contributed by atoms with Crippen LogP contribution in [0.1, 0.15) is 40.5 Å². The summed E-state index contributed by atoms with van der Waals surface area (Å²) in [6, 6.07) is 3.45. The summed E-state index contributed by atoms with van der Waals surface area (Å²) in [4.78, 5) is 20.6. The molecule has 1 saturated heterocycles. The first-order valence-corrected chi connectivity index (χ1v) is 7.53. The molecule has 1 aromatic rings. The average Bonchev–Trinajstić information content (AvgIpc) is 2.41. The normalized spacial score (nSPS) is 18.8. The number of anilines is 1. The van der Waals surface area contributed by atoms with Crippen LogP contribution in [-0.2, 0) is 0 Å². The predicted octanol–water partition coefficient (Wildman–Crippen LogP) is 3.21. The molecule has 24 heavy (non-hydrogen) atoms. The van der Waals surface area contributed by atoms with Crippen molar-refractivity contribution in [1.29, 1.82) is 0 Å². The maximum absolute atomic E-state index is 11.1. The van der Waals surface area contributed by atoms with E-state index in [4.69, 9.17) is 0 Å². The van der Waals surface area contributed by atoms with E-state index >= 15 is 0 Å². The molecule has 0 atom stereocenters. The fourth-order valence-corrected chi connectivity index (χ4v) is 3.18. The lowest BCUT2D eigenvalue weighted by molar-refractivity contribution is -0.393. The molecule has 1 aromatic carbocycles. The van der Waals surface area contributed by atoms with Crippen molar-refractivity contribution in [2.75, 3.05) is 5.43 Å². The Labute approximate surface area is 139 Å². The molecule has 130 valence electrons. The Morgan fingerprint density at radius 1 is 1.08 bits per heavy atom. The van der Waals surface area contributed by atoms with Gasteiger partial charge in [0.25, 0.3) is 5.69 Å². The van der Waals surface area contributed by atoms with Gasteiger partial charge in [0.05, 0.1) is 15.9 Å². The maximum atomic E-state index is 11.1. The average molecular weight is 335 g/mol. The standard InChI is InChI=1S/C15H21N5O4/c1-14(2)8-10(9-15(3,4)18-14)16-17-12-6-5-11(19(21)22)7-13(12)20(23)24/h5-7,17-18H,8-9H2,1-4H3. The number of hydrogen-bond donors (Lipinski definition) is 2. The monoisotopic (exact) mass is 335 g/mol. The maximum Gasteiger partial charge on any atom is 0.301 e. The first kappa shape index (κ1) is 17.8. The molecule has 1 heterocycles. The zero-order valence-corrected chi connectivity index (χ0v) is 14.1. The van der Waals surface area contributed by atoms with Gasteiger partial charge in [-0.25, -0.2) is 0 Å². The second kappa shape index (κ2) is 6.16. The lowest BCUT2D eigenvalue weighted by Gasteiger charge is -2.43. The summed E-state index contributed by atoms with van der Waals surface area (Å²) in [7, 11) is 0. The lowest BCUT2D eigenvalue weighted by Crippen LogP contribution is -2.58. The number of hydrazone groups is 1. The Hall–Kier alpha value is -2.55. The molecular formula is C15H21N5O4. The second-order valence-corrected chi connectivity index (χ2v) is 7.25. The van der Waals surface area contributed by atoms with Crippen molar-refractivity contribution in [3.05, 3.63) is 38.4 Å². The molecule has 0 bridgehead atoms. The van der Waals surface area contributed by atoms with Gasteiger partial charge in [-0.1, -0.05) is 0 Å². The highest BCUT2D eigenvalue weighted by Gasteiger charge is 2.35. The summed E-state index contributed by atoms with van der Waals surface area (Å²) in [6.45, 7) is 8.27. The molecule has 0 saturated carbocycles. The summed E-state index contributed by atoms with van der Waals surface area (Å²) < 4.78 is 0. The summed E-state index contributed by atoms with van der Waals surface area (Å²) >= 11 is 0. The van der Waals surface area contributed by atoms with Gasteiger partial charge < -0.3 is 5.32 Å². The summed E-state index contributed by atoms with van der Waals surface area (Å²) in [5.74, 6) is 0. The third kappa shape index (κ3) is 4.25. The van der Waals surface area contributed by atoms with Gasteiger partial charge in [0.2, 0.25) is 0 Å². The number of hydrogen-bond acceptors (Lipinski definition) is 7. The molecule has 0 amide bonds. The van der Waals surface area contributed by atoms with Crippen LogP contribution in [0.25, 0.3) is 0 Å². The highest BCUT2D eigenvalue weighted by Crippen LogP contribution is 2.30. The fourth-order valence-electron chi connectivity index (χ4n) is 3.18. The number of rotatable bonds is 4. The molecule has 1 fully saturated rings. The molecule has 1 aliphatic rings. The molecule has 0 aliphatic carbocycles. The molecule has 2 rings (SSSR count). The molecule has 0 aromatic heterocycles. The van der Waals surface area contributed by atoms with Crippen molar-refractivity contribution >= 4 is 22.8 Å². The quantitative estimate of drug-likeness (QED) is 0.643. The Bertz CT molecular complexity index is 694. The Balaban J connectivity index is 2.28. The SMILES string of the molecule is CC1(C)CC(=NNc2ccc([N+](=O)[O-])cc2[N+](=O)[O-])CC(C)(C)N1. The number of piperidine rings is 1. The molecule has 0 unspecified atom stereocenters. The number of non-ortho nitro benzene ring substituents is 1. The molecule has 1 aliphatic heterocycles. The predicted molar refractivity (Wildman–Crippen MR) is 91.3 cm³/mol. The number of nitrogens with one attached hydrogen (secondary N) is 2. The lowest BCUT2D eigenvalue weighted by atomic mass is 9.81. The van der Waals surface area contributed by atoms with Crippen LogP contribution in [0, 0.1) is 20.2 Å². The Morgan fingerprint density at radius 3 is 2.17 bits per heavy atom. The van der Waals surface area contributed by atoms with Crippen molar-refractivity contribution in [2.24, 2.45) is 5.10 Å². The van der Waals surface area contributed by atoms with Crippen molar-refractivity contribution in [3.8, 4) is 0 Å². The van der Waals surface area contributed by atoms with Gasteiger partial charge in [-0.2, -0.15) is 5.10 Å². The van der Waals surface area contributed by atoms with E-state index in [-0.39, 0.29) is 28.1 Å². The van der Waals surface area contributed by atoms with Crippen LogP contribution in [-0.4, -0.2) is 26.6 Å². The smallest absolute Gasteiger partial charge is 0.301 e. The zero-order chi connectivity index (χ0) is 18.1. The van der Waals surface area contributed by atoms with Crippen LogP contribution in [0.5, 0.6) is 0 Å².